The van der Waals surface area contributed by atoms with Crippen LogP contribution in [0.3, 0.4) is 0 Å². The second-order valence-corrected chi connectivity index (χ2v) is 6.25. The van der Waals surface area contributed by atoms with Gasteiger partial charge in [0.15, 0.2) is 0 Å². The number of carbonyl (C=O) groups is 1. The third kappa shape index (κ3) is 3.45. The molecular formula is C19H23FO4. The molecule has 0 unspecified atom stereocenters. The summed E-state index contributed by atoms with van der Waals surface area (Å²) in [5.74, 6) is -1.69. The molecule has 0 fully saturated rings. The normalized spacial score (nSPS) is 16.5. The van der Waals surface area contributed by atoms with E-state index in [2.05, 4.69) is 0 Å². The maximum absolute atomic E-state index is 13.9. The molecule has 0 atom stereocenters. The van der Waals surface area contributed by atoms with E-state index < -0.39 is 17.4 Å². The highest BCUT2D eigenvalue weighted by Gasteiger charge is 2.28. The van der Waals surface area contributed by atoms with Crippen LogP contribution in [0.1, 0.15) is 52.2 Å². The molecule has 0 spiro atoms. The van der Waals surface area contributed by atoms with Gasteiger partial charge in [-0.15, -0.1) is 0 Å². The van der Waals surface area contributed by atoms with Crippen molar-refractivity contribution in [1.82, 2.24) is 0 Å². The zero-order valence-electron chi connectivity index (χ0n) is 14.7. The molecule has 0 aliphatic carbocycles. The Hall–Kier alpha value is -2.30. The SMILES string of the molecule is CCOc1cc2c(cc1/C(C)=C(/F)C(=O)O)C(CC)=CC(C)(C)O2. The van der Waals surface area contributed by atoms with Gasteiger partial charge in [-0.2, -0.15) is 4.39 Å². The Morgan fingerprint density at radius 3 is 2.54 bits per heavy atom. The fourth-order valence-electron chi connectivity index (χ4n) is 2.85. The number of hydrogen-bond acceptors (Lipinski definition) is 3. The highest BCUT2D eigenvalue weighted by molar-refractivity contribution is 5.95. The van der Waals surface area contributed by atoms with Crippen molar-refractivity contribution in [3.8, 4) is 11.5 Å². The largest absolute Gasteiger partial charge is 0.493 e. The lowest BCUT2D eigenvalue weighted by Crippen LogP contribution is -2.29. The van der Waals surface area contributed by atoms with E-state index in [1.165, 1.54) is 6.92 Å². The summed E-state index contributed by atoms with van der Waals surface area (Å²) in [4.78, 5) is 11.0. The lowest BCUT2D eigenvalue weighted by molar-refractivity contribution is -0.134. The van der Waals surface area contributed by atoms with Gasteiger partial charge in [0.25, 0.3) is 0 Å². The number of carboxylic acids is 1. The van der Waals surface area contributed by atoms with Crippen molar-refractivity contribution >= 4 is 17.1 Å². The second kappa shape index (κ2) is 6.67. The van der Waals surface area contributed by atoms with Gasteiger partial charge >= 0.3 is 5.97 Å². The summed E-state index contributed by atoms with van der Waals surface area (Å²) in [6, 6.07) is 3.47. The topological polar surface area (TPSA) is 55.8 Å². The standard InChI is InChI=1S/C19H23FO4/c1-6-12-10-19(4,5)24-16-9-15(23-7-2)13(8-14(12)16)11(3)17(20)18(21)22/h8-10H,6-7H2,1-5H3,(H,21,22)/b17-11+. The van der Waals surface area contributed by atoms with Crippen LogP contribution in [0.25, 0.3) is 11.1 Å². The minimum Gasteiger partial charge on any atom is -0.493 e. The number of carboxylic acid groups (broad SMARTS) is 1. The molecule has 0 amide bonds. The van der Waals surface area contributed by atoms with Crippen LogP contribution in [0.5, 0.6) is 11.5 Å². The molecule has 0 saturated carbocycles. The molecule has 130 valence electrons. The number of halogens is 1. The van der Waals surface area contributed by atoms with Gasteiger partial charge in [-0.3, -0.25) is 0 Å². The molecule has 4 nitrogen and oxygen atoms in total. The van der Waals surface area contributed by atoms with Crippen molar-refractivity contribution in [3.05, 3.63) is 35.2 Å². The van der Waals surface area contributed by atoms with Gasteiger partial charge in [0.2, 0.25) is 5.83 Å². The first-order valence-corrected chi connectivity index (χ1v) is 8.02. The highest BCUT2D eigenvalue weighted by Crippen LogP contribution is 2.43. The van der Waals surface area contributed by atoms with Gasteiger partial charge < -0.3 is 14.6 Å². The average molecular weight is 334 g/mol. The van der Waals surface area contributed by atoms with Gasteiger partial charge in [-0.25, -0.2) is 4.79 Å². The lowest BCUT2D eigenvalue weighted by atomic mass is 9.90. The van der Waals surface area contributed by atoms with Crippen molar-refractivity contribution in [2.24, 2.45) is 0 Å². The van der Waals surface area contributed by atoms with E-state index >= 15 is 0 Å². The molecular weight excluding hydrogens is 311 g/mol. The first-order valence-electron chi connectivity index (χ1n) is 8.02. The summed E-state index contributed by atoms with van der Waals surface area (Å²) in [6.07, 6.45) is 2.82. The Balaban J connectivity index is 2.70. The Kier molecular flexibility index (Phi) is 5.02. The van der Waals surface area contributed by atoms with Crippen molar-refractivity contribution in [1.29, 1.82) is 0 Å². The predicted molar refractivity (Wildman–Crippen MR) is 91.9 cm³/mol. The van der Waals surface area contributed by atoms with Crippen LogP contribution in [0.4, 0.5) is 4.39 Å². The van der Waals surface area contributed by atoms with Crippen LogP contribution in [0.15, 0.2) is 24.0 Å². The third-order valence-electron chi connectivity index (χ3n) is 3.92. The minimum absolute atomic E-state index is 0.0361. The van der Waals surface area contributed by atoms with E-state index in [9.17, 15) is 9.18 Å². The zero-order chi connectivity index (χ0) is 18.1. The van der Waals surface area contributed by atoms with Gasteiger partial charge in [-0.05, 0) is 51.8 Å². The van der Waals surface area contributed by atoms with Crippen molar-refractivity contribution in [2.75, 3.05) is 6.61 Å². The van der Waals surface area contributed by atoms with Crippen LogP contribution in [-0.2, 0) is 4.79 Å². The monoisotopic (exact) mass is 334 g/mol. The molecule has 0 bridgehead atoms. The van der Waals surface area contributed by atoms with E-state index in [0.717, 1.165) is 17.6 Å². The summed E-state index contributed by atoms with van der Waals surface area (Å²) in [5.41, 5.74) is 1.94. The fraction of sp³-hybridized carbons (Fsp3) is 0.421. The molecule has 1 aromatic rings. The molecule has 1 aliphatic heterocycles. The number of aliphatic carboxylic acids is 1. The molecule has 24 heavy (non-hydrogen) atoms. The van der Waals surface area contributed by atoms with E-state index in [4.69, 9.17) is 14.6 Å². The molecule has 0 aromatic heterocycles. The summed E-state index contributed by atoms with van der Waals surface area (Å²) in [6.45, 7) is 9.61. The van der Waals surface area contributed by atoms with Crippen molar-refractivity contribution in [2.45, 2.75) is 46.6 Å². The second-order valence-electron chi connectivity index (χ2n) is 6.25. The van der Waals surface area contributed by atoms with Crippen molar-refractivity contribution in [3.63, 3.8) is 0 Å². The third-order valence-corrected chi connectivity index (χ3v) is 3.92. The first-order chi connectivity index (χ1) is 11.2. The average Bonchev–Trinajstić information content (AvgIpc) is 2.51. The summed E-state index contributed by atoms with van der Waals surface area (Å²) in [5, 5.41) is 8.93. The smallest absolute Gasteiger partial charge is 0.365 e. The van der Waals surface area contributed by atoms with Gasteiger partial charge in [0.05, 0.1) is 6.61 Å². The summed E-state index contributed by atoms with van der Waals surface area (Å²) in [7, 11) is 0. The number of allylic oxidation sites excluding steroid dienone is 2. The van der Waals surface area contributed by atoms with E-state index in [1.807, 2.05) is 33.8 Å². The zero-order valence-corrected chi connectivity index (χ0v) is 14.7. The molecule has 1 aromatic carbocycles. The summed E-state index contributed by atoms with van der Waals surface area (Å²) < 4.78 is 25.5. The van der Waals surface area contributed by atoms with Gasteiger partial charge in [0, 0.05) is 22.8 Å². The maximum Gasteiger partial charge on any atom is 0.365 e. The fourth-order valence-corrected chi connectivity index (χ4v) is 2.85. The van der Waals surface area contributed by atoms with Gasteiger partial charge in [0.1, 0.15) is 17.1 Å². The molecule has 1 heterocycles. The number of hydrogen-bond donors (Lipinski definition) is 1. The lowest BCUT2D eigenvalue weighted by Gasteiger charge is -2.32. The molecule has 5 heteroatoms. The minimum atomic E-state index is -1.59. The van der Waals surface area contributed by atoms with E-state index in [1.54, 1.807) is 12.1 Å². The van der Waals surface area contributed by atoms with Gasteiger partial charge in [-0.1, -0.05) is 6.92 Å². The predicted octanol–water partition coefficient (Wildman–Crippen LogP) is 4.83. The van der Waals surface area contributed by atoms with Crippen LogP contribution >= 0.6 is 0 Å². The first kappa shape index (κ1) is 18.0. The highest BCUT2D eigenvalue weighted by atomic mass is 19.1. The van der Waals surface area contributed by atoms with Crippen molar-refractivity contribution < 1.29 is 23.8 Å². The Morgan fingerprint density at radius 1 is 1.33 bits per heavy atom. The molecule has 0 radical (unpaired) electrons. The number of benzene rings is 1. The number of fused-ring (bicyclic) bond motifs is 1. The Bertz CT molecular complexity index is 729. The molecule has 0 saturated heterocycles. The molecule has 1 aliphatic rings. The van der Waals surface area contributed by atoms with Crippen LogP contribution in [0, 0.1) is 0 Å². The summed E-state index contributed by atoms with van der Waals surface area (Å²) >= 11 is 0. The van der Waals surface area contributed by atoms with Crippen LogP contribution < -0.4 is 9.47 Å². The quantitative estimate of drug-likeness (QED) is 0.783. The van der Waals surface area contributed by atoms with E-state index in [0.29, 0.717) is 23.7 Å². The van der Waals surface area contributed by atoms with Crippen LogP contribution in [0.2, 0.25) is 0 Å². The van der Waals surface area contributed by atoms with Crippen LogP contribution in [-0.4, -0.2) is 23.3 Å². The maximum atomic E-state index is 13.9. The molecule has 1 N–H and O–H groups in total. The number of rotatable bonds is 5. The van der Waals surface area contributed by atoms with E-state index in [-0.39, 0.29) is 5.57 Å². The number of ether oxygens (including phenoxy) is 2. The Morgan fingerprint density at radius 2 is 2.00 bits per heavy atom. The Labute approximate surface area is 141 Å². The molecule has 2 rings (SSSR count).